The van der Waals surface area contributed by atoms with Crippen LogP contribution in [0.1, 0.15) is 5.56 Å². The van der Waals surface area contributed by atoms with E-state index in [1.54, 1.807) is 28.8 Å². The van der Waals surface area contributed by atoms with Crippen molar-refractivity contribution < 1.29 is 4.39 Å². The molecule has 0 radical (unpaired) electrons. The first-order valence-electron chi connectivity index (χ1n) is 5.71. The topological polar surface area (TPSA) is 44.5 Å². The van der Waals surface area contributed by atoms with Crippen molar-refractivity contribution in [1.29, 1.82) is 5.26 Å². The molecule has 0 aliphatic rings. The molecule has 20 heavy (non-hydrogen) atoms. The molecular formula is C14H7BrFN3S. The van der Waals surface area contributed by atoms with Crippen molar-refractivity contribution in [2.24, 2.45) is 0 Å². The van der Waals surface area contributed by atoms with Crippen molar-refractivity contribution >= 4 is 39.2 Å². The van der Waals surface area contributed by atoms with Crippen LogP contribution in [0, 0.1) is 21.9 Å². The van der Waals surface area contributed by atoms with Gasteiger partial charge in [0.05, 0.1) is 21.1 Å². The Morgan fingerprint density at radius 3 is 2.80 bits per heavy atom. The Balaban J connectivity index is 2.37. The third kappa shape index (κ3) is 1.96. The SMILES string of the molecule is N#Cc1cccc2c1[nH]c(=S)n2-c1ccc(F)c(Br)c1. The van der Waals surface area contributed by atoms with Gasteiger partial charge in [0.15, 0.2) is 4.77 Å². The zero-order chi connectivity index (χ0) is 14.3. The number of benzene rings is 2. The van der Waals surface area contributed by atoms with Gasteiger partial charge in [-0.25, -0.2) is 4.39 Å². The molecule has 0 aliphatic carbocycles. The Bertz CT molecular complexity index is 920. The van der Waals surface area contributed by atoms with Crippen LogP contribution in [0.2, 0.25) is 0 Å². The molecule has 3 rings (SSSR count). The van der Waals surface area contributed by atoms with Gasteiger partial charge in [0.25, 0.3) is 0 Å². The summed E-state index contributed by atoms with van der Waals surface area (Å²) >= 11 is 8.47. The van der Waals surface area contributed by atoms with E-state index in [1.807, 2.05) is 6.07 Å². The monoisotopic (exact) mass is 347 g/mol. The van der Waals surface area contributed by atoms with E-state index in [0.717, 1.165) is 11.2 Å². The predicted molar refractivity (Wildman–Crippen MR) is 80.8 cm³/mol. The average molecular weight is 348 g/mol. The molecular weight excluding hydrogens is 341 g/mol. The normalized spacial score (nSPS) is 10.7. The smallest absolute Gasteiger partial charge is 0.182 e. The minimum Gasteiger partial charge on any atom is -0.329 e. The first kappa shape index (κ1) is 13.0. The Morgan fingerprint density at radius 2 is 2.10 bits per heavy atom. The van der Waals surface area contributed by atoms with Gasteiger partial charge >= 0.3 is 0 Å². The van der Waals surface area contributed by atoms with Crippen LogP contribution in [0.5, 0.6) is 0 Å². The molecule has 0 fully saturated rings. The van der Waals surface area contributed by atoms with Crippen LogP contribution in [-0.2, 0) is 0 Å². The summed E-state index contributed by atoms with van der Waals surface area (Å²) in [7, 11) is 0. The summed E-state index contributed by atoms with van der Waals surface area (Å²) in [6.07, 6.45) is 0. The van der Waals surface area contributed by atoms with Gasteiger partial charge < -0.3 is 4.98 Å². The van der Waals surface area contributed by atoms with Gasteiger partial charge in [-0.3, -0.25) is 4.57 Å². The van der Waals surface area contributed by atoms with Gasteiger partial charge in [0.2, 0.25) is 0 Å². The summed E-state index contributed by atoms with van der Waals surface area (Å²) in [6.45, 7) is 0. The van der Waals surface area contributed by atoms with Crippen molar-refractivity contribution in [3.05, 3.63) is 57.0 Å². The summed E-state index contributed by atoms with van der Waals surface area (Å²) in [5.41, 5.74) is 2.71. The van der Waals surface area contributed by atoms with E-state index >= 15 is 0 Å². The largest absolute Gasteiger partial charge is 0.329 e. The molecule has 0 saturated carbocycles. The standard InChI is InChI=1S/C14H7BrFN3S/c15-10-6-9(4-5-11(10)16)19-12-3-1-2-8(7-17)13(12)18-14(19)20/h1-6H,(H,18,20). The second kappa shape index (κ2) is 4.85. The number of nitrogens with one attached hydrogen (secondary N) is 1. The lowest BCUT2D eigenvalue weighted by atomic mass is 10.2. The molecule has 1 aromatic heterocycles. The minimum atomic E-state index is -0.335. The summed E-state index contributed by atoms with van der Waals surface area (Å²) in [5, 5.41) is 9.12. The molecule has 1 N–H and O–H groups in total. The molecule has 0 aliphatic heterocycles. The highest BCUT2D eigenvalue weighted by molar-refractivity contribution is 9.10. The lowest BCUT2D eigenvalue weighted by Crippen LogP contribution is -1.94. The summed E-state index contributed by atoms with van der Waals surface area (Å²) in [6, 6.07) is 12.2. The van der Waals surface area contributed by atoms with Gasteiger partial charge in [-0.05, 0) is 58.5 Å². The highest BCUT2D eigenvalue weighted by atomic mass is 79.9. The quantitative estimate of drug-likeness (QED) is 0.660. The highest BCUT2D eigenvalue weighted by Crippen LogP contribution is 2.25. The lowest BCUT2D eigenvalue weighted by Gasteiger charge is -2.05. The van der Waals surface area contributed by atoms with Crippen LogP contribution >= 0.6 is 28.1 Å². The van der Waals surface area contributed by atoms with E-state index in [9.17, 15) is 4.39 Å². The fourth-order valence-corrected chi connectivity index (χ4v) is 2.78. The molecule has 0 unspecified atom stereocenters. The number of imidazole rings is 1. The maximum Gasteiger partial charge on any atom is 0.182 e. The molecule has 3 nitrogen and oxygen atoms in total. The number of aromatic amines is 1. The van der Waals surface area contributed by atoms with Crippen LogP contribution in [0.4, 0.5) is 4.39 Å². The number of H-pyrrole nitrogens is 1. The number of hydrogen-bond acceptors (Lipinski definition) is 2. The van der Waals surface area contributed by atoms with Gasteiger partial charge in [0.1, 0.15) is 11.9 Å². The minimum absolute atomic E-state index is 0.335. The number of nitriles is 1. The van der Waals surface area contributed by atoms with E-state index in [0.29, 0.717) is 20.3 Å². The number of halogens is 2. The first-order valence-corrected chi connectivity index (χ1v) is 6.91. The zero-order valence-corrected chi connectivity index (χ0v) is 12.4. The van der Waals surface area contributed by atoms with Crippen molar-refractivity contribution in [2.75, 3.05) is 0 Å². The third-order valence-corrected chi connectivity index (χ3v) is 3.89. The highest BCUT2D eigenvalue weighted by Gasteiger charge is 2.10. The molecule has 2 aromatic carbocycles. The molecule has 98 valence electrons. The lowest BCUT2D eigenvalue weighted by molar-refractivity contribution is 0.620. The fourth-order valence-electron chi connectivity index (χ4n) is 2.10. The van der Waals surface area contributed by atoms with Crippen LogP contribution in [0.15, 0.2) is 40.9 Å². The molecule has 0 saturated heterocycles. The summed E-state index contributed by atoms with van der Waals surface area (Å²) < 4.78 is 15.9. The number of fused-ring (bicyclic) bond motifs is 1. The van der Waals surface area contributed by atoms with Crippen molar-refractivity contribution in [3.8, 4) is 11.8 Å². The number of rotatable bonds is 1. The van der Waals surface area contributed by atoms with Gasteiger partial charge in [0, 0.05) is 5.69 Å². The molecule has 3 aromatic rings. The maximum absolute atomic E-state index is 13.3. The van der Waals surface area contributed by atoms with E-state index in [2.05, 4.69) is 27.0 Å². The van der Waals surface area contributed by atoms with Gasteiger partial charge in [-0.15, -0.1) is 0 Å². The number of para-hydroxylation sites is 1. The third-order valence-electron chi connectivity index (χ3n) is 3.00. The number of aromatic nitrogens is 2. The van der Waals surface area contributed by atoms with Crippen LogP contribution in [-0.4, -0.2) is 9.55 Å². The fraction of sp³-hybridized carbons (Fsp3) is 0. The average Bonchev–Trinajstić information content (AvgIpc) is 2.78. The Hall–Kier alpha value is -1.97. The molecule has 0 bridgehead atoms. The second-order valence-electron chi connectivity index (χ2n) is 4.18. The molecule has 0 spiro atoms. The van der Waals surface area contributed by atoms with Gasteiger partial charge in [-0.2, -0.15) is 5.26 Å². The molecule has 0 amide bonds. The van der Waals surface area contributed by atoms with Gasteiger partial charge in [-0.1, -0.05) is 6.07 Å². The molecule has 1 heterocycles. The van der Waals surface area contributed by atoms with E-state index in [-0.39, 0.29) is 5.82 Å². The number of nitrogens with zero attached hydrogens (tertiary/aromatic N) is 2. The van der Waals surface area contributed by atoms with E-state index < -0.39 is 0 Å². The summed E-state index contributed by atoms with van der Waals surface area (Å²) in [4.78, 5) is 3.03. The van der Waals surface area contributed by atoms with Crippen molar-refractivity contribution in [2.45, 2.75) is 0 Å². The number of hydrogen-bond donors (Lipinski definition) is 1. The Morgan fingerprint density at radius 1 is 1.30 bits per heavy atom. The molecule has 0 atom stereocenters. The molecule has 6 heteroatoms. The predicted octanol–water partition coefficient (Wildman–Crippen LogP) is 4.46. The zero-order valence-electron chi connectivity index (χ0n) is 10.0. The van der Waals surface area contributed by atoms with E-state index in [1.165, 1.54) is 6.07 Å². The second-order valence-corrected chi connectivity index (χ2v) is 5.42. The Labute approximate surface area is 127 Å². The first-order chi connectivity index (χ1) is 9.61. The van der Waals surface area contributed by atoms with Crippen LogP contribution in [0.25, 0.3) is 16.7 Å². The summed E-state index contributed by atoms with van der Waals surface area (Å²) in [5.74, 6) is -0.335. The van der Waals surface area contributed by atoms with Crippen molar-refractivity contribution in [3.63, 3.8) is 0 Å². The Kier molecular flexibility index (Phi) is 3.16. The van der Waals surface area contributed by atoms with Crippen LogP contribution in [0.3, 0.4) is 0 Å². The van der Waals surface area contributed by atoms with E-state index in [4.69, 9.17) is 17.5 Å². The van der Waals surface area contributed by atoms with Crippen LogP contribution < -0.4 is 0 Å². The maximum atomic E-state index is 13.3. The van der Waals surface area contributed by atoms with Crippen molar-refractivity contribution in [1.82, 2.24) is 9.55 Å².